The minimum Gasteiger partial charge on any atom is -0.350 e. The number of halogens is 3. The van der Waals surface area contributed by atoms with E-state index in [0.717, 1.165) is 27.5 Å². The van der Waals surface area contributed by atoms with Crippen molar-refractivity contribution in [2.24, 2.45) is 0 Å². The molecule has 1 heterocycles. The van der Waals surface area contributed by atoms with Crippen molar-refractivity contribution in [2.75, 3.05) is 10.2 Å². The molecule has 0 spiro atoms. The van der Waals surface area contributed by atoms with Gasteiger partial charge in [-0.3, -0.25) is 9.59 Å². The van der Waals surface area contributed by atoms with Gasteiger partial charge in [0.15, 0.2) is 0 Å². The number of hydrogen-bond acceptors (Lipinski definition) is 4. The van der Waals surface area contributed by atoms with E-state index in [-0.39, 0.29) is 15.6 Å². The van der Waals surface area contributed by atoms with Crippen LogP contribution in [0.15, 0.2) is 82.2 Å². The summed E-state index contributed by atoms with van der Waals surface area (Å²) in [5.41, 5.74) is 2.37. The summed E-state index contributed by atoms with van der Waals surface area (Å²) in [5.74, 6) is -0.902. The number of carbonyl (C=O) groups is 2. The number of benzene rings is 3. The van der Waals surface area contributed by atoms with E-state index in [1.807, 2.05) is 31.2 Å². The molecule has 0 atom stereocenters. The van der Waals surface area contributed by atoms with Gasteiger partial charge in [-0.2, -0.15) is 0 Å². The Balaban J connectivity index is 1.77. The fourth-order valence-corrected chi connectivity index (χ4v) is 4.62. The number of para-hydroxylation sites is 1. The quantitative estimate of drug-likeness (QED) is 0.361. The number of aryl methyl sites for hydroxylation is 1. The molecule has 0 saturated carbocycles. The van der Waals surface area contributed by atoms with Crippen LogP contribution in [0.5, 0.6) is 0 Å². The van der Waals surface area contributed by atoms with E-state index in [0.29, 0.717) is 15.7 Å². The highest BCUT2D eigenvalue weighted by molar-refractivity contribution is 8.04. The number of nitrogens with zero attached hydrogens (tertiary/aromatic N) is 1. The normalized spacial score (nSPS) is 13.8. The first-order chi connectivity index (χ1) is 15.4. The first kappa shape index (κ1) is 22.7. The van der Waals surface area contributed by atoms with Gasteiger partial charge in [0.2, 0.25) is 0 Å². The largest absolute Gasteiger partial charge is 0.350 e. The van der Waals surface area contributed by atoms with Gasteiger partial charge in [0.05, 0.1) is 15.7 Å². The number of imide groups is 1. The highest BCUT2D eigenvalue weighted by atomic mass is 35.5. The summed E-state index contributed by atoms with van der Waals surface area (Å²) >= 11 is 19.4. The molecule has 3 aromatic rings. The van der Waals surface area contributed by atoms with Crippen LogP contribution in [0.3, 0.4) is 0 Å². The van der Waals surface area contributed by atoms with Crippen LogP contribution < -0.4 is 10.2 Å². The Morgan fingerprint density at radius 3 is 2.28 bits per heavy atom. The molecule has 0 unspecified atom stereocenters. The summed E-state index contributed by atoms with van der Waals surface area (Å²) in [5, 5.41) is 4.40. The highest BCUT2D eigenvalue weighted by Crippen LogP contribution is 2.39. The summed E-state index contributed by atoms with van der Waals surface area (Å²) in [6.07, 6.45) is 0.773. The van der Waals surface area contributed by atoms with E-state index >= 15 is 0 Å². The molecule has 0 aliphatic carbocycles. The third-order valence-corrected chi connectivity index (χ3v) is 6.98. The number of thioether (sulfide) groups is 1. The predicted molar refractivity (Wildman–Crippen MR) is 133 cm³/mol. The second-order valence-corrected chi connectivity index (χ2v) is 9.27. The van der Waals surface area contributed by atoms with E-state index in [9.17, 15) is 9.59 Å². The van der Waals surface area contributed by atoms with Gasteiger partial charge < -0.3 is 5.32 Å². The van der Waals surface area contributed by atoms with Crippen LogP contribution in [0.4, 0.5) is 11.4 Å². The van der Waals surface area contributed by atoms with Gasteiger partial charge in [-0.15, -0.1) is 0 Å². The molecule has 0 radical (unpaired) electrons. The Bertz CT molecular complexity index is 1240. The van der Waals surface area contributed by atoms with E-state index < -0.39 is 11.8 Å². The summed E-state index contributed by atoms with van der Waals surface area (Å²) in [7, 11) is 0. The topological polar surface area (TPSA) is 49.4 Å². The van der Waals surface area contributed by atoms with Crippen molar-refractivity contribution < 1.29 is 9.59 Å². The molecule has 4 nitrogen and oxygen atoms in total. The molecule has 1 aliphatic heterocycles. The second kappa shape index (κ2) is 9.59. The third-order valence-electron chi connectivity index (χ3n) is 4.89. The first-order valence-corrected chi connectivity index (χ1v) is 11.7. The van der Waals surface area contributed by atoms with Crippen molar-refractivity contribution >= 4 is 69.8 Å². The lowest BCUT2D eigenvalue weighted by molar-refractivity contribution is -0.120. The van der Waals surface area contributed by atoms with E-state index in [1.165, 1.54) is 17.8 Å². The zero-order valence-corrected chi connectivity index (χ0v) is 19.9. The van der Waals surface area contributed by atoms with E-state index in [2.05, 4.69) is 5.32 Å². The Morgan fingerprint density at radius 1 is 0.875 bits per heavy atom. The molecule has 8 heteroatoms. The molecule has 2 amide bonds. The van der Waals surface area contributed by atoms with Crippen LogP contribution in [0.2, 0.25) is 15.1 Å². The smallest absolute Gasteiger partial charge is 0.283 e. The van der Waals surface area contributed by atoms with Gasteiger partial charge in [-0.1, -0.05) is 71.7 Å². The molecular weight excluding hydrogens is 487 g/mol. The Hall–Kier alpha value is -2.44. The molecule has 162 valence electrons. The van der Waals surface area contributed by atoms with Gasteiger partial charge in [-0.05, 0) is 60.5 Å². The van der Waals surface area contributed by atoms with Crippen LogP contribution in [-0.2, 0) is 16.0 Å². The van der Waals surface area contributed by atoms with Crippen molar-refractivity contribution in [2.45, 2.75) is 18.2 Å². The maximum absolute atomic E-state index is 13.4. The number of nitrogens with one attached hydrogen (secondary N) is 1. The zero-order chi connectivity index (χ0) is 22.8. The van der Waals surface area contributed by atoms with Gasteiger partial charge in [0, 0.05) is 15.6 Å². The Morgan fingerprint density at radius 2 is 1.59 bits per heavy atom. The lowest BCUT2D eigenvalue weighted by Gasteiger charge is -2.16. The molecule has 1 aliphatic rings. The van der Waals surface area contributed by atoms with Crippen LogP contribution in [0, 0.1) is 0 Å². The second-order valence-electron chi connectivity index (χ2n) is 6.94. The molecule has 0 aromatic heterocycles. The van der Waals surface area contributed by atoms with Crippen molar-refractivity contribution in [3.63, 3.8) is 0 Å². The van der Waals surface area contributed by atoms with Crippen molar-refractivity contribution in [3.05, 3.63) is 98.0 Å². The summed E-state index contributed by atoms with van der Waals surface area (Å²) in [6, 6.07) is 19.4. The van der Waals surface area contributed by atoms with Crippen LogP contribution >= 0.6 is 46.6 Å². The molecule has 4 rings (SSSR count). The lowest BCUT2D eigenvalue weighted by Crippen LogP contribution is -2.32. The summed E-state index contributed by atoms with van der Waals surface area (Å²) in [4.78, 5) is 29.0. The zero-order valence-electron chi connectivity index (χ0n) is 16.9. The molecule has 1 N–H and O–H groups in total. The lowest BCUT2D eigenvalue weighted by atomic mass is 10.1. The van der Waals surface area contributed by atoms with Gasteiger partial charge >= 0.3 is 0 Å². The number of carbonyl (C=O) groups excluding carboxylic acids is 2. The van der Waals surface area contributed by atoms with Gasteiger partial charge in [0.1, 0.15) is 10.6 Å². The summed E-state index contributed by atoms with van der Waals surface area (Å²) in [6.45, 7) is 2.03. The fourth-order valence-electron chi connectivity index (χ4n) is 3.28. The molecule has 3 aromatic carbocycles. The third kappa shape index (κ3) is 4.52. The molecule has 32 heavy (non-hydrogen) atoms. The number of rotatable bonds is 6. The minimum atomic E-state index is -0.462. The van der Waals surface area contributed by atoms with E-state index in [4.69, 9.17) is 34.8 Å². The monoisotopic (exact) mass is 502 g/mol. The van der Waals surface area contributed by atoms with Crippen molar-refractivity contribution in [1.82, 2.24) is 0 Å². The standard InChI is InChI=1S/C24H17Cl3N2O2S/c1-2-14-5-3-4-6-20(14)28-21-22(32-17-10-7-15(25)8-11-17)24(31)29(23(21)30)16-9-12-18(26)19(27)13-16/h3-13,28H,2H2,1H3. The molecular formula is C24H17Cl3N2O2S. The predicted octanol–water partition coefficient (Wildman–Crippen LogP) is 7.20. The average Bonchev–Trinajstić information content (AvgIpc) is 3.01. The maximum atomic E-state index is 13.4. The molecule has 0 bridgehead atoms. The molecule has 0 fully saturated rings. The molecule has 0 saturated heterocycles. The van der Waals surface area contributed by atoms with Crippen molar-refractivity contribution in [3.8, 4) is 0 Å². The number of amides is 2. The average molecular weight is 504 g/mol. The first-order valence-electron chi connectivity index (χ1n) is 9.75. The SMILES string of the molecule is CCc1ccccc1NC1=C(Sc2ccc(Cl)cc2)C(=O)N(c2ccc(Cl)c(Cl)c2)C1=O. The van der Waals surface area contributed by atoms with Crippen molar-refractivity contribution in [1.29, 1.82) is 0 Å². The van der Waals surface area contributed by atoms with Gasteiger partial charge in [0.25, 0.3) is 11.8 Å². The van der Waals surface area contributed by atoms with Gasteiger partial charge in [-0.25, -0.2) is 4.90 Å². The Labute approximate surface area is 205 Å². The number of hydrogen-bond donors (Lipinski definition) is 1. The minimum absolute atomic E-state index is 0.210. The Kier molecular flexibility index (Phi) is 6.82. The fraction of sp³-hybridized carbons (Fsp3) is 0.0833. The number of anilines is 2. The van der Waals surface area contributed by atoms with Crippen LogP contribution in [-0.4, -0.2) is 11.8 Å². The summed E-state index contributed by atoms with van der Waals surface area (Å²) < 4.78 is 0. The van der Waals surface area contributed by atoms with E-state index in [1.54, 1.807) is 36.4 Å². The van der Waals surface area contributed by atoms with Crippen LogP contribution in [0.1, 0.15) is 12.5 Å². The highest BCUT2D eigenvalue weighted by Gasteiger charge is 2.40. The maximum Gasteiger partial charge on any atom is 0.283 e. The van der Waals surface area contributed by atoms with Crippen LogP contribution in [0.25, 0.3) is 0 Å².